The van der Waals surface area contributed by atoms with E-state index in [0.29, 0.717) is 25.7 Å². The van der Waals surface area contributed by atoms with E-state index in [4.69, 9.17) is 0 Å². The van der Waals surface area contributed by atoms with Gasteiger partial charge in [-0.3, -0.25) is 0 Å². The predicted octanol–water partition coefficient (Wildman–Crippen LogP) is 1.85. The maximum atomic E-state index is 13.6. The molecule has 0 N–H and O–H groups in total. The largest absolute Gasteiger partial charge is 1.00 e. The molecule has 0 fully saturated rings. The van der Waals surface area contributed by atoms with E-state index >= 15 is 0 Å². The monoisotopic (exact) mass is 360 g/mol. The summed E-state index contributed by atoms with van der Waals surface area (Å²) in [6, 6.07) is 0. The molecule has 0 bridgehead atoms. The summed E-state index contributed by atoms with van der Waals surface area (Å²) >= 11 is 0. The van der Waals surface area contributed by atoms with Gasteiger partial charge < -0.3 is 9.90 Å². The van der Waals surface area contributed by atoms with Crippen molar-refractivity contribution < 1.29 is 52.6 Å². The quantitative estimate of drug-likeness (QED) is 0.311. The maximum Gasteiger partial charge on any atom is 1.00 e. The van der Waals surface area contributed by atoms with Gasteiger partial charge in [0.15, 0.2) is 0 Å². The minimum absolute atomic E-state index is 0. The van der Waals surface area contributed by atoms with Gasteiger partial charge in [0.2, 0.25) is 0 Å². The van der Waals surface area contributed by atoms with Gasteiger partial charge >= 0.3 is 29.6 Å². The number of carbonyl (C=O) groups is 1. The van der Waals surface area contributed by atoms with Crippen LogP contribution in [0.15, 0.2) is 0 Å². The van der Waals surface area contributed by atoms with E-state index in [1.165, 1.54) is 0 Å². The van der Waals surface area contributed by atoms with E-state index in [9.17, 15) is 23.1 Å². The van der Waals surface area contributed by atoms with E-state index in [2.05, 4.69) is 0 Å². The summed E-state index contributed by atoms with van der Waals surface area (Å²) in [5, 5.41) is 10.2. The van der Waals surface area contributed by atoms with Gasteiger partial charge in [0, 0.05) is 18.8 Å². The van der Waals surface area contributed by atoms with Crippen molar-refractivity contribution in [3.8, 4) is 0 Å². The molecule has 6 heteroatoms. The Labute approximate surface area is 167 Å². The molecular weight excluding hydrogens is 328 g/mol. The van der Waals surface area contributed by atoms with Gasteiger partial charge in [0.25, 0.3) is 0 Å². The second-order valence-corrected chi connectivity index (χ2v) is 6.44. The summed E-state index contributed by atoms with van der Waals surface area (Å²) in [6.07, 6.45) is 2.99. The smallest absolute Gasteiger partial charge is 0.550 e. The van der Waals surface area contributed by atoms with E-state index in [1.54, 1.807) is 0 Å². The van der Waals surface area contributed by atoms with Gasteiger partial charge in [-0.2, -0.15) is 0 Å². The van der Waals surface area contributed by atoms with Crippen molar-refractivity contribution in [3.63, 3.8) is 0 Å². The fourth-order valence-electron chi connectivity index (χ4n) is 2.67. The van der Waals surface area contributed by atoms with E-state index in [1.807, 2.05) is 6.92 Å². The zero-order valence-electron chi connectivity index (χ0n) is 15.4. The molecule has 0 aliphatic carbocycles. The number of carboxylic acid groups (broad SMARTS) is 1. The zero-order chi connectivity index (χ0) is 17.5. The Morgan fingerprint density at radius 2 is 1.25 bits per heavy atom. The maximum absolute atomic E-state index is 13.6. The van der Waals surface area contributed by atoms with Crippen molar-refractivity contribution >= 4 is 5.97 Å². The van der Waals surface area contributed by atoms with Crippen molar-refractivity contribution in [1.29, 1.82) is 0 Å². The molecule has 0 heterocycles. The van der Waals surface area contributed by atoms with Crippen molar-refractivity contribution in [1.82, 2.24) is 0 Å². The minimum atomic E-state index is -1.40. The van der Waals surface area contributed by atoms with Crippen molar-refractivity contribution in [2.75, 3.05) is 0 Å². The Bertz CT molecular complexity index is 293. The third-order valence-corrected chi connectivity index (χ3v) is 4.04. The van der Waals surface area contributed by atoms with Crippen LogP contribution < -0.4 is 34.7 Å². The minimum Gasteiger partial charge on any atom is -0.550 e. The first kappa shape index (κ1) is 26.5. The van der Waals surface area contributed by atoms with E-state index in [0.717, 1.165) is 38.5 Å². The number of hydrogen-bond donors (Lipinski definition) is 0. The van der Waals surface area contributed by atoms with Crippen molar-refractivity contribution in [2.45, 2.75) is 109 Å². The van der Waals surface area contributed by atoms with Crippen LogP contribution in [0.4, 0.5) is 13.2 Å². The summed E-state index contributed by atoms with van der Waals surface area (Å²) in [7, 11) is 0. The number of aliphatic carboxylic acids is 1. The molecule has 0 aliphatic rings. The zero-order valence-corrected chi connectivity index (χ0v) is 17.4. The van der Waals surface area contributed by atoms with E-state index < -0.39 is 24.5 Å². The number of unbranched alkanes of at least 4 members (excludes halogenated alkanes) is 6. The predicted molar refractivity (Wildman–Crippen MR) is 85.4 cm³/mol. The standard InChI is InChI=1S/C18H33F3O2.Na/c1-2-3-7-10-15(19)13-17(21)14-16(20)11-8-5-4-6-9-12-18(22)23;/h15-17H,2-14H2,1H3,(H,22,23);/q;+1/p-1. The molecule has 0 aromatic rings. The molecule has 0 spiro atoms. The van der Waals surface area contributed by atoms with Crippen LogP contribution >= 0.6 is 0 Å². The number of carbonyl (C=O) groups excluding carboxylic acids is 1. The Morgan fingerprint density at radius 1 is 0.792 bits per heavy atom. The summed E-state index contributed by atoms with van der Waals surface area (Å²) in [5.74, 6) is -1.04. The van der Waals surface area contributed by atoms with Gasteiger partial charge in [0.05, 0.1) is 0 Å². The molecule has 0 aromatic heterocycles. The first-order valence-corrected chi connectivity index (χ1v) is 9.07. The SMILES string of the molecule is CCCCCC(F)CC(F)CC(F)CCCCCCCC(=O)[O-].[Na+]. The summed E-state index contributed by atoms with van der Waals surface area (Å²) in [4.78, 5) is 10.2. The summed E-state index contributed by atoms with van der Waals surface area (Å²) in [5.41, 5.74) is 0. The molecule has 24 heavy (non-hydrogen) atoms. The number of carboxylic acids is 1. The Hall–Kier alpha value is 0.260. The van der Waals surface area contributed by atoms with Crippen LogP contribution in [0.3, 0.4) is 0 Å². The normalized spacial score (nSPS) is 14.7. The summed E-state index contributed by atoms with van der Waals surface area (Å²) in [6.45, 7) is 2.03. The molecule has 0 aromatic carbocycles. The average Bonchev–Trinajstić information content (AvgIpc) is 2.45. The molecule has 0 rings (SSSR count). The van der Waals surface area contributed by atoms with Crippen molar-refractivity contribution in [2.24, 2.45) is 0 Å². The fourth-order valence-corrected chi connectivity index (χ4v) is 2.67. The van der Waals surface area contributed by atoms with Crippen LogP contribution in [-0.2, 0) is 4.79 Å². The third-order valence-electron chi connectivity index (χ3n) is 4.04. The fraction of sp³-hybridized carbons (Fsp3) is 0.944. The molecular formula is C18H32F3NaO2. The molecule has 0 aliphatic heterocycles. The van der Waals surface area contributed by atoms with Crippen LogP contribution in [0, 0.1) is 0 Å². The molecule has 0 amide bonds. The molecule has 3 unspecified atom stereocenters. The molecule has 0 saturated carbocycles. The molecule has 138 valence electrons. The van der Waals surface area contributed by atoms with Gasteiger partial charge in [-0.05, 0) is 25.7 Å². The van der Waals surface area contributed by atoms with Gasteiger partial charge in [0.1, 0.15) is 18.5 Å². The number of alkyl halides is 3. The van der Waals surface area contributed by atoms with E-state index in [-0.39, 0.29) is 48.8 Å². The number of rotatable bonds is 16. The van der Waals surface area contributed by atoms with Crippen LogP contribution in [0.5, 0.6) is 0 Å². The second-order valence-electron chi connectivity index (χ2n) is 6.44. The molecule has 0 saturated heterocycles. The average molecular weight is 360 g/mol. The number of hydrogen-bond acceptors (Lipinski definition) is 2. The second kappa shape index (κ2) is 18.1. The summed E-state index contributed by atoms with van der Waals surface area (Å²) < 4.78 is 40.8. The van der Waals surface area contributed by atoms with Crippen LogP contribution in [0.2, 0.25) is 0 Å². The topological polar surface area (TPSA) is 40.1 Å². The van der Waals surface area contributed by atoms with Gasteiger partial charge in [-0.25, -0.2) is 13.2 Å². The Balaban J connectivity index is 0. The Morgan fingerprint density at radius 3 is 1.75 bits per heavy atom. The first-order chi connectivity index (χ1) is 11.0. The van der Waals surface area contributed by atoms with Gasteiger partial charge in [-0.1, -0.05) is 51.9 Å². The van der Waals surface area contributed by atoms with Crippen molar-refractivity contribution in [3.05, 3.63) is 0 Å². The molecule has 2 nitrogen and oxygen atoms in total. The first-order valence-electron chi connectivity index (χ1n) is 9.07. The van der Waals surface area contributed by atoms with Crippen LogP contribution in [0.1, 0.15) is 90.4 Å². The van der Waals surface area contributed by atoms with Gasteiger partial charge in [-0.15, -0.1) is 0 Å². The Kier molecular flexibility index (Phi) is 19.9. The number of halogens is 3. The molecule has 3 atom stereocenters. The third kappa shape index (κ3) is 18.6. The van der Waals surface area contributed by atoms with Crippen LogP contribution in [-0.4, -0.2) is 24.5 Å². The van der Waals surface area contributed by atoms with Crippen LogP contribution in [0.25, 0.3) is 0 Å². The molecule has 0 radical (unpaired) electrons.